The summed E-state index contributed by atoms with van der Waals surface area (Å²) < 4.78 is 26.6. The first-order chi connectivity index (χ1) is 19.1. The number of hydrogen-bond donors (Lipinski definition) is 2. The molecule has 0 radical (unpaired) electrons. The van der Waals surface area contributed by atoms with E-state index < -0.39 is 21.8 Å². The Bertz CT molecular complexity index is 1610. The summed E-state index contributed by atoms with van der Waals surface area (Å²) in [5, 5.41) is 5.54. The summed E-state index contributed by atoms with van der Waals surface area (Å²) in [7, 11) is -3.38. The Labute approximate surface area is 235 Å². The molecule has 4 aromatic rings. The van der Waals surface area contributed by atoms with Gasteiger partial charge in [0.15, 0.2) is 9.84 Å². The molecule has 0 aliphatic rings. The molecule has 1 heterocycles. The molecule has 0 saturated carbocycles. The molecule has 0 saturated heterocycles. The van der Waals surface area contributed by atoms with E-state index in [9.17, 15) is 18.0 Å². The highest BCUT2D eigenvalue weighted by Gasteiger charge is 2.23. The van der Waals surface area contributed by atoms with Crippen molar-refractivity contribution in [1.29, 1.82) is 0 Å². The minimum absolute atomic E-state index is 0.0212. The lowest BCUT2D eigenvalue weighted by molar-refractivity contribution is -0.125. The number of unbranched alkanes of at least 4 members (excludes halogenated alkanes) is 2. The molecule has 0 aliphatic heterocycles. The van der Waals surface area contributed by atoms with Gasteiger partial charge in [-0.1, -0.05) is 44.9 Å². The van der Waals surface area contributed by atoms with Crippen LogP contribution in [0.25, 0.3) is 22.4 Å². The van der Waals surface area contributed by atoms with Gasteiger partial charge in [-0.15, -0.1) is 0 Å². The lowest BCUT2D eigenvalue weighted by Gasteiger charge is -2.18. The Hall–Kier alpha value is -3.98. The third-order valence-electron chi connectivity index (χ3n) is 6.86. The molecule has 0 fully saturated rings. The van der Waals surface area contributed by atoms with Crippen LogP contribution in [-0.2, 0) is 26.0 Å². The summed E-state index contributed by atoms with van der Waals surface area (Å²) in [4.78, 5) is 30.2. The quantitative estimate of drug-likeness (QED) is 0.225. The van der Waals surface area contributed by atoms with Crippen LogP contribution in [0.15, 0.2) is 71.6 Å². The number of benzene rings is 3. The fourth-order valence-corrected chi connectivity index (χ4v) is 5.54. The Morgan fingerprint density at radius 1 is 0.950 bits per heavy atom. The van der Waals surface area contributed by atoms with Crippen LogP contribution in [0.3, 0.4) is 0 Å². The van der Waals surface area contributed by atoms with E-state index in [1.54, 1.807) is 19.1 Å². The minimum Gasteiger partial charge on any atom is -0.341 e. The highest BCUT2D eigenvalue weighted by Crippen LogP contribution is 2.28. The number of amides is 2. The molecular weight excluding hydrogens is 524 g/mol. The lowest BCUT2D eigenvalue weighted by Crippen LogP contribution is -2.35. The third-order valence-corrected chi connectivity index (χ3v) is 8.61. The van der Waals surface area contributed by atoms with Gasteiger partial charge in [0.2, 0.25) is 5.91 Å². The first-order valence-electron chi connectivity index (χ1n) is 13.6. The van der Waals surface area contributed by atoms with Gasteiger partial charge < -0.3 is 15.2 Å². The first kappa shape index (κ1) is 29.0. The van der Waals surface area contributed by atoms with Crippen molar-refractivity contribution in [2.45, 2.75) is 64.4 Å². The number of rotatable bonds is 11. The van der Waals surface area contributed by atoms with E-state index in [0.29, 0.717) is 11.3 Å². The fraction of sp³-hybridized carbons (Fsp3) is 0.323. The lowest BCUT2D eigenvalue weighted by atomic mass is 10.1. The molecule has 0 bridgehead atoms. The van der Waals surface area contributed by atoms with E-state index in [-0.39, 0.29) is 16.6 Å². The van der Waals surface area contributed by atoms with E-state index in [0.717, 1.165) is 48.2 Å². The van der Waals surface area contributed by atoms with E-state index in [4.69, 9.17) is 4.98 Å². The van der Waals surface area contributed by atoms with Gasteiger partial charge in [-0.05, 0) is 73.0 Å². The highest BCUT2D eigenvalue weighted by molar-refractivity contribution is 7.91. The molecular formula is C31H36N4O4S. The second-order valence-electron chi connectivity index (χ2n) is 9.96. The Balaban J connectivity index is 1.57. The van der Waals surface area contributed by atoms with Crippen LogP contribution in [0.1, 0.15) is 57.2 Å². The van der Waals surface area contributed by atoms with Crippen LogP contribution in [0.5, 0.6) is 0 Å². The summed E-state index contributed by atoms with van der Waals surface area (Å²) in [5.74, 6) is 0.0502. The van der Waals surface area contributed by atoms with Crippen molar-refractivity contribution in [2.75, 3.05) is 11.1 Å². The maximum atomic E-state index is 13.2. The van der Waals surface area contributed by atoms with Gasteiger partial charge in [0.1, 0.15) is 11.9 Å². The molecule has 8 nitrogen and oxygen atoms in total. The van der Waals surface area contributed by atoms with Crippen molar-refractivity contribution >= 4 is 38.4 Å². The van der Waals surface area contributed by atoms with Gasteiger partial charge in [-0.3, -0.25) is 9.59 Å². The predicted octanol–water partition coefficient (Wildman–Crippen LogP) is 5.81. The third kappa shape index (κ3) is 6.59. The van der Waals surface area contributed by atoms with Crippen molar-refractivity contribution < 1.29 is 18.0 Å². The molecule has 4 rings (SSSR count). The van der Waals surface area contributed by atoms with Crippen LogP contribution >= 0.6 is 0 Å². The standard InChI is InChI=1S/C31H36N4O4S/c1-5-7-8-19-35-28-20-21(3)9-18-27(28)34-30(35)24-10-14-25(15-11-24)33-31(37)29(32-22(4)36)23-12-16-26(17-13-23)40(38,39)6-2/h9-18,20,29H,5-8,19H2,1-4H3,(H,32,36)(H,33,37). The van der Waals surface area contributed by atoms with E-state index in [1.165, 1.54) is 24.6 Å². The van der Waals surface area contributed by atoms with Crippen LogP contribution < -0.4 is 10.6 Å². The summed E-state index contributed by atoms with van der Waals surface area (Å²) in [6, 6.07) is 18.8. The number of fused-ring (bicyclic) bond motifs is 1. The van der Waals surface area contributed by atoms with Gasteiger partial charge >= 0.3 is 0 Å². The summed E-state index contributed by atoms with van der Waals surface area (Å²) in [6.45, 7) is 8.05. The monoisotopic (exact) mass is 560 g/mol. The van der Waals surface area contributed by atoms with E-state index in [2.05, 4.69) is 41.2 Å². The van der Waals surface area contributed by atoms with Crippen LogP contribution in [0.2, 0.25) is 0 Å². The average Bonchev–Trinajstić information content (AvgIpc) is 3.29. The number of aryl methyl sites for hydroxylation is 2. The maximum Gasteiger partial charge on any atom is 0.251 e. The molecule has 1 aromatic heterocycles. The fourth-order valence-electron chi connectivity index (χ4n) is 4.65. The van der Waals surface area contributed by atoms with Crippen molar-refractivity contribution in [3.8, 4) is 11.4 Å². The second-order valence-corrected chi connectivity index (χ2v) is 12.2. The summed E-state index contributed by atoms with van der Waals surface area (Å²) in [5.41, 5.74) is 5.23. The van der Waals surface area contributed by atoms with Crippen molar-refractivity contribution in [1.82, 2.24) is 14.9 Å². The van der Waals surface area contributed by atoms with Gasteiger partial charge in [-0.2, -0.15) is 0 Å². The Morgan fingerprint density at radius 3 is 2.27 bits per heavy atom. The van der Waals surface area contributed by atoms with Crippen LogP contribution in [0.4, 0.5) is 5.69 Å². The Morgan fingerprint density at radius 2 is 1.65 bits per heavy atom. The Kier molecular flexibility index (Phi) is 9.04. The number of nitrogens with zero attached hydrogens (tertiary/aromatic N) is 2. The molecule has 1 atom stereocenters. The molecule has 2 amide bonds. The number of hydrogen-bond acceptors (Lipinski definition) is 5. The summed E-state index contributed by atoms with van der Waals surface area (Å²) in [6.07, 6.45) is 3.34. The first-order valence-corrected chi connectivity index (χ1v) is 15.3. The van der Waals surface area contributed by atoms with E-state index in [1.807, 2.05) is 30.3 Å². The minimum atomic E-state index is -3.38. The van der Waals surface area contributed by atoms with Crippen molar-refractivity contribution in [2.24, 2.45) is 0 Å². The predicted molar refractivity (Wildman–Crippen MR) is 159 cm³/mol. The normalized spacial score (nSPS) is 12.3. The molecule has 1 unspecified atom stereocenters. The zero-order chi connectivity index (χ0) is 28.9. The number of sulfone groups is 1. The number of anilines is 1. The molecule has 9 heteroatoms. The second kappa shape index (κ2) is 12.5. The number of carbonyl (C=O) groups is 2. The zero-order valence-electron chi connectivity index (χ0n) is 23.4. The highest BCUT2D eigenvalue weighted by atomic mass is 32.2. The van der Waals surface area contributed by atoms with Crippen molar-refractivity contribution in [3.63, 3.8) is 0 Å². The van der Waals surface area contributed by atoms with Crippen LogP contribution in [0, 0.1) is 6.92 Å². The van der Waals surface area contributed by atoms with Crippen molar-refractivity contribution in [3.05, 3.63) is 77.9 Å². The number of nitrogens with one attached hydrogen (secondary N) is 2. The van der Waals surface area contributed by atoms with Gasteiger partial charge in [0.25, 0.3) is 5.91 Å². The molecule has 0 spiro atoms. The zero-order valence-corrected chi connectivity index (χ0v) is 24.2. The number of aromatic nitrogens is 2. The smallest absolute Gasteiger partial charge is 0.251 e. The molecule has 0 aliphatic carbocycles. The van der Waals surface area contributed by atoms with Gasteiger partial charge in [0, 0.05) is 24.7 Å². The van der Waals surface area contributed by atoms with Gasteiger partial charge in [0.05, 0.1) is 21.7 Å². The number of imidazole rings is 1. The average molecular weight is 561 g/mol. The molecule has 40 heavy (non-hydrogen) atoms. The maximum absolute atomic E-state index is 13.2. The molecule has 2 N–H and O–H groups in total. The molecule has 3 aromatic carbocycles. The van der Waals surface area contributed by atoms with Crippen LogP contribution in [-0.4, -0.2) is 35.5 Å². The molecule has 210 valence electrons. The van der Waals surface area contributed by atoms with Gasteiger partial charge in [-0.25, -0.2) is 13.4 Å². The largest absolute Gasteiger partial charge is 0.341 e. The topological polar surface area (TPSA) is 110 Å². The summed E-state index contributed by atoms with van der Waals surface area (Å²) >= 11 is 0. The van der Waals surface area contributed by atoms with E-state index >= 15 is 0 Å². The number of carbonyl (C=O) groups excluding carboxylic acids is 2. The SMILES string of the molecule is CCCCCn1c(-c2ccc(NC(=O)C(NC(C)=O)c3ccc(S(=O)(=O)CC)cc3)cc2)nc2ccc(C)cc21.